The van der Waals surface area contributed by atoms with Crippen molar-refractivity contribution < 1.29 is 4.79 Å². The average Bonchev–Trinajstić information content (AvgIpc) is 2.32. The van der Waals surface area contributed by atoms with Crippen molar-refractivity contribution in [1.29, 1.82) is 0 Å². The van der Waals surface area contributed by atoms with Gasteiger partial charge in [-0.05, 0) is 31.5 Å². The molecular formula is C13H17NO. The SMILES string of the molecule is O=CCC1(c2ccccc2)CCNCC1. The fraction of sp³-hybridized carbons (Fsp3) is 0.462. The van der Waals surface area contributed by atoms with Gasteiger partial charge in [0.1, 0.15) is 6.29 Å². The molecule has 0 aromatic heterocycles. The summed E-state index contributed by atoms with van der Waals surface area (Å²) in [5.74, 6) is 0. The first-order valence-corrected chi connectivity index (χ1v) is 5.57. The third-order valence-electron chi connectivity index (χ3n) is 3.42. The Labute approximate surface area is 90.7 Å². The van der Waals surface area contributed by atoms with Crippen molar-refractivity contribution >= 4 is 6.29 Å². The van der Waals surface area contributed by atoms with E-state index in [9.17, 15) is 4.79 Å². The number of benzene rings is 1. The zero-order valence-corrected chi connectivity index (χ0v) is 8.91. The first-order chi connectivity index (χ1) is 7.37. The summed E-state index contributed by atoms with van der Waals surface area (Å²) in [7, 11) is 0. The summed E-state index contributed by atoms with van der Waals surface area (Å²) >= 11 is 0. The van der Waals surface area contributed by atoms with Crippen LogP contribution in [0, 0.1) is 0 Å². The lowest BCUT2D eigenvalue weighted by atomic mass is 9.71. The van der Waals surface area contributed by atoms with Gasteiger partial charge >= 0.3 is 0 Å². The molecule has 1 aromatic rings. The summed E-state index contributed by atoms with van der Waals surface area (Å²) in [6.45, 7) is 2.03. The van der Waals surface area contributed by atoms with Crippen LogP contribution in [-0.4, -0.2) is 19.4 Å². The van der Waals surface area contributed by atoms with Crippen LogP contribution in [0.1, 0.15) is 24.8 Å². The van der Waals surface area contributed by atoms with Crippen LogP contribution in [-0.2, 0) is 10.2 Å². The zero-order chi connectivity index (χ0) is 10.6. The predicted molar refractivity (Wildman–Crippen MR) is 60.9 cm³/mol. The number of rotatable bonds is 3. The monoisotopic (exact) mass is 203 g/mol. The Balaban J connectivity index is 2.29. The zero-order valence-electron chi connectivity index (χ0n) is 8.91. The molecule has 1 N–H and O–H groups in total. The smallest absolute Gasteiger partial charge is 0.120 e. The molecule has 0 unspecified atom stereocenters. The lowest BCUT2D eigenvalue weighted by Crippen LogP contribution is -2.40. The van der Waals surface area contributed by atoms with Gasteiger partial charge in [0.25, 0.3) is 0 Å². The van der Waals surface area contributed by atoms with Crippen molar-refractivity contribution in [3.05, 3.63) is 35.9 Å². The maximum Gasteiger partial charge on any atom is 0.120 e. The maximum atomic E-state index is 10.8. The van der Waals surface area contributed by atoms with Gasteiger partial charge < -0.3 is 10.1 Å². The van der Waals surface area contributed by atoms with Gasteiger partial charge in [-0.3, -0.25) is 0 Å². The molecule has 1 saturated heterocycles. The molecule has 0 amide bonds. The number of carbonyl (C=O) groups is 1. The molecule has 0 radical (unpaired) electrons. The van der Waals surface area contributed by atoms with E-state index in [1.807, 2.05) is 6.07 Å². The molecule has 80 valence electrons. The standard InChI is InChI=1S/C13H17NO/c15-11-8-13(6-9-14-10-7-13)12-4-2-1-3-5-12/h1-5,11,14H,6-10H2. The van der Waals surface area contributed by atoms with E-state index in [1.54, 1.807) is 0 Å². The van der Waals surface area contributed by atoms with Crippen molar-refractivity contribution in [1.82, 2.24) is 5.32 Å². The van der Waals surface area contributed by atoms with Gasteiger partial charge in [0.2, 0.25) is 0 Å². The minimum Gasteiger partial charge on any atom is -0.317 e. The Hall–Kier alpha value is -1.15. The van der Waals surface area contributed by atoms with Crippen LogP contribution in [0.3, 0.4) is 0 Å². The number of hydrogen-bond acceptors (Lipinski definition) is 2. The Morgan fingerprint density at radius 1 is 1.20 bits per heavy atom. The predicted octanol–water partition coefficient (Wildman–Crippen LogP) is 1.90. The molecule has 2 rings (SSSR count). The Bertz CT molecular complexity index is 315. The van der Waals surface area contributed by atoms with Crippen LogP contribution in [0.2, 0.25) is 0 Å². The number of piperidine rings is 1. The largest absolute Gasteiger partial charge is 0.317 e. The summed E-state index contributed by atoms with van der Waals surface area (Å²) in [5, 5.41) is 3.35. The van der Waals surface area contributed by atoms with E-state index in [-0.39, 0.29) is 5.41 Å². The van der Waals surface area contributed by atoms with Gasteiger partial charge in [0.05, 0.1) is 0 Å². The molecule has 1 fully saturated rings. The van der Waals surface area contributed by atoms with Crippen molar-refractivity contribution in [3.8, 4) is 0 Å². The third kappa shape index (κ3) is 2.10. The van der Waals surface area contributed by atoms with E-state index in [4.69, 9.17) is 0 Å². The molecule has 1 aliphatic heterocycles. The van der Waals surface area contributed by atoms with Crippen LogP contribution in [0.15, 0.2) is 30.3 Å². The van der Waals surface area contributed by atoms with Crippen LogP contribution < -0.4 is 5.32 Å². The van der Waals surface area contributed by atoms with Crippen molar-refractivity contribution in [2.24, 2.45) is 0 Å². The van der Waals surface area contributed by atoms with Gasteiger partial charge in [-0.2, -0.15) is 0 Å². The molecule has 0 atom stereocenters. The molecule has 0 aliphatic carbocycles. The van der Waals surface area contributed by atoms with Gasteiger partial charge in [0.15, 0.2) is 0 Å². The van der Waals surface area contributed by atoms with Crippen LogP contribution in [0.4, 0.5) is 0 Å². The molecular weight excluding hydrogens is 186 g/mol. The highest BCUT2D eigenvalue weighted by Crippen LogP contribution is 2.35. The van der Waals surface area contributed by atoms with Crippen molar-refractivity contribution in [2.45, 2.75) is 24.7 Å². The lowest BCUT2D eigenvalue weighted by molar-refractivity contribution is -0.109. The summed E-state index contributed by atoms with van der Waals surface area (Å²) in [6, 6.07) is 10.4. The molecule has 15 heavy (non-hydrogen) atoms. The lowest BCUT2D eigenvalue weighted by Gasteiger charge is -2.36. The van der Waals surface area contributed by atoms with Gasteiger partial charge in [0, 0.05) is 11.8 Å². The Morgan fingerprint density at radius 2 is 1.87 bits per heavy atom. The molecule has 0 spiro atoms. The van der Waals surface area contributed by atoms with Gasteiger partial charge in [-0.25, -0.2) is 0 Å². The topological polar surface area (TPSA) is 29.1 Å². The quantitative estimate of drug-likeness (QED) is 0.760. The molecule has 0 saturated carbocycles. The fourth-order valence-electron chi connectivity index (χ4n) is 2.47. The molecule has 1 aromatic carbocycles. The van der Waals surface area contributed by atoms with Crippen molar-refractivity contribution in [3.63, 3.8) is 0 Å². The fourth-order valence-corrected chi connectivity index (χ4v) is 2.47. The highest BCUT2D eigenvalue weighted by molar-refractivity contribution is 5.53. The Kier molecular flexibility index (Phi) is 3.17. The van der Waals surface area contributed by atoms with Gasteiger partial charge in [-0.15, -0.1) is 0 Å². The van der Waals surface area contributed by atoms with E-state index >= 15 is 0 Å². The van der Waals surface area contributed by atoms with E-state index in [2.05, 4.69) is 29.6 Å². The second kappa shape index (κ2) is 4.58. The maximum absolute atomic E-state index is 10.8. The summed E-state index contributed by atoms with van der Waals surface area (Å²) in [6.07, 6.45) is 3.85. The summed E-state index contributed by atoms with van der Waals surface area (Å²) in [5.41, 5.74) is 1.41. The Morgan fingerprint density at radius 3 is 2.47 bits per heavy atom. The van der Waals surface area contributed by atoms with Crippen LogP contribution in [0.25, 0.3) is 0 Å². The van der Waals surface area contributed by atoms with Crippen LogP contribution >= 0.6 is 0 Å². The second-order valence-electron chi connectivity index (χ2n) is 4.27. The number of carbonyl (C=O) groups excluding carboxylic acids is 1. The minimum atomic E-state index is 0.0915. The first kappa shape index (κ1) is 10.4. The highest BCUT2D eigenvalue weighted by atomic mass is 16.1. The first-order valence-electron chi connectivity index (χ1n) is 5.57. The molecule has 1 heterocycles. The molecule has 2 heteroatoms. The number of aldehydes is 1. The normalized spacial score (nSPS) is 19.7. The second-order valence-corrected chi connectivity index (χ2v) is 4.27. The molecule has 1 aliphatic rings. The highest BCUT2D eigenvalue weighted by Gasteiger charge is 2.32. The van der Waals surface area contributed by atoms with E-state index < -0.39 is 0 Å². The van der Waals surface area contributed by atoms with E-state index in [1.165, 1.54) is 5.56 Å². The third-order valence-corrected chi connectivity index (χ3v) is 3.42. The van der Waals surface area contributed by atoms with E-state index in [0.717, 1.165) is 32.2 Å². The average molecular weight is 203 g/mol. The molecule has 0 bridgehead atoms. The minimum absolute atomic E-state index is 0.0915. The summed E-state index contributed by atoms with van der Waals surface area (Å²) in [4.78, 5) is 10.8. The van der Waals surface area contributed by atoms with Crippen molar-refractivity contribution in [2.75, 3.05) is 13.1 Å². The summed E-state index contributed by atoms with van der Waals surface area (Å²) < 4.78 is 0. The van der Waals surface area contributed by atoms with E-state index in [0.29, 0.717) is 6.42 Å². The molecule has 2 nitrogen and oxygen atoms in total. The number of hydrogen-bond donors (Lipinski definition) is 1. The van der Waals surface area contributed by atoms with Crippen LogP contribution in [0.5, 0.6) is 0 Å². The van der Waals surface area contributed by atoms with Gasteiger partial charge in [-0.1, -0.05) is 30.3 Å². The number of nitrogens with one attached hydrogen (secondary N) is 1.